The maximum absolute atomic E-state index is 12.5. The highest BCUT2D eigenvalue weighted by Crippen LogP contribution is 2.19. The van der Waals surface area contributed by atoms with Crippen molar-refractivity contribution in [2.24, 2.45) is 0 Å². The SMILES string of the molecule is CCCOC(=O)Cn1c(=O)oc2cc(S(=O)(=O)NC[C@H]3CCCO3)ccc21. The molecule has 0 aliphatic carbocycles. The monoisotopic (exact) mass is 398 g/mol. The Labute approximate surface area is 156 Å². The van der Waals surface area contributed by atoms with Gasteiger partial charge in [0.15, 0.2) is 5.58 Å². The van der Waals surface area contributed by atoms with Crippen LogP contribution in [-0.4, -0.2) is 44.8 Å². The molecular formula is C17H22N2O7S. The molecule has 0 amide bonds. The van der Waals surface area contributed by atoms with Gasteiger partial charge in [-0.3, -0.25) is 9.36 Å². The number of nitrogens with one attached hydrogen (secondary N) is 1. The first-order valence-corrected chi connectivity index (χ1v) is 10.3. The molecule has 1 aromatic heterocycles. The Morgan fingerprint density at radius 3 is 2.93 bits per heavy atom. The minimum absolute atomic E-state index is 0.0255. The molecule has 1 aliphatic rings. The zero-order chi connectivity index (χ0) is 19.4. The van der Waals surface area contributed by atoms with E-state index in [0.717, 1.165) is 17.4 Å². The number of hydrogen-bond acceptors (Lipinski definition) is 7. The van der Waals surface area contributed by atoms with Gasteiger partial charge in [0, 0.05) is 19.2 Å². The predicted molar refractivity (Wildman–Crippen MR) is 95.9 cm³/mol. The molecule has 0 saturated carbocycles. The molecule has 0 unspecified atom stereocenters. The van der Waals surface area contributed by atoms with Gasteiger partial charge in [-0.25, -0.2) is 17.9 Å². The van der Waals surface area contributed by atoms with Crippen LogP contribution < -0.4 is 10.5 Å². The predicted octanol–water partition coefficient (Wildman–Crippen LogP) is 1.01. The first-order chi connectivity index (χ1) is 12.9. The average Bonchev–Trinajstić information content (AvgIpc) is 3.26. The number of carbonyl (C=O) groups excluding carboxylic acids is 1. The highest BCUT2D eigenvalue weighted by molar-refractivity contribution is 7.89. The molecule has 1 aromatic carbocycles. The van der Waals surface area contributed by atoms with Crippen molar-refractivity contribution in [1.82, 2.24) is 9.29 Å². The van der Waals surface area contributed by atoms with Crippen LogP contribution in [-0.2, 0) is 30.8 Å². The zero-order valence-electron chi connectivity index (χ0n) is 15.0. The lowest BCUT2D eigenvalue weighted by molar-refractivity contribution is -0.144. The number of fused-ring (bicyclic) bond motifs is 1. The lowest BCUT2D eigenvalue weighted by atomic mass is 10.2. The number of aromatic nitrogens is 1. The third-order valence-electron chi connectivity index (χ3n) is 4.23. The van der Waals surface area contributed by atoms with Gasteiger partial charge in [-0.05, 0) is 31.4 Å². The van der Waals surface area contributed by atoms with Crippen molar-refractivity contribution in [2.45, 2.75) is 43.7 Å². The number of esters is 1. The van der Waals surface area contributed by atoms with E-state index in [1.165, 1.54) is 18.2 Å². The van der Waals surface area contributed by atoms with Gasteiger partial charge in [-0.15, -0.1) is 0 Å². The Morgan fingerprint density at radius 1 is 1.41 bits per heavy atom. The number of benzene rings is 1. The van der Waals surface area contributed by atoms with Crippen molar-refractivity contribution in [3.8, 4) is 0 Å². The molecular weight excluding hydrogens is 376 g/mol. The normalized spacial score (nSPS) is 17.4. The molecule has 2 heterocycles. The number of hydrogen-bond donors (Lipinski definition) is 1. The lowest BCUT2D eigenvalue weighted by Gasteiger charge is -2.11. The third kappa shape index (κ3) is 4.57. The molecule has 1 saturated heterocycles. The molecule has 2 aromatic rings. The Balaban J connectivity index is 1.79. The van der Waals surface area contributed by atoms with Crippen molar-refractivity contribution in [3.63, 3.8) is 0 Å². The molecule has 3 rings (SSSR count). The van der Waals surface area contributed by atoms with Crippen LogP contribution >= 0.6 is 0 Å². The Kier molecular flexibility index (Phi) is 5.98. The summed E-state index contributed by atoms with van der Waals surface area (Å²) in [6.45, 7) is 2.66. The summed E-state index contributed by atoms with van der Waals surface area (Å²) in [6, 6.07) is 4.07. The van der Waals surface area contributed by atoms with Crippen molar-refractivity contribution < 1.29 is 27.1 Å². The standard InChI is InChI=1S/C17H22N2O7S/c1-2-7-25-16(20)11-19-14-6-5-13(9-15(14)26-17(19)21)27(22,23)18-10-12-4-3-8-24-12/h5-6,9,12,18H,2-4,7-8,10-11H2,1H3/t12-/m1/s1. The topological polar surface area (TPSA) is 117 Å². The van der Waals surface area contributed by atoms with Gasteiger partial charge in [-0.1, -0.05) is 6.92 Å². The minimum atomic E-state index is -3.77. The summed E-state index contributed by atoms with van der Waals surface area (Å²) in [7, 11) is -3.77. The van der Waals surface area contributed by atoms with Crippen LogP contribution in [0, 0.1) is 0 Å². The molecule has 10 heteroatoms. The molecule has 1 fully saturated rings. The molecule has 1 aliphatic heterocycles. The van der Waals surface area contributed by atoms with Gasteiger partial charge < -0.3 is 13.9 Å². The van der Waals surface area contributed by atoms with Crippen LogP contribution in [0.1, 0.15) is 26.2 Å². The second-order valence-electron chi connectivity index (χ2n) is 6.29. The van der Waals surface area contributed by atoms with Crippen LogP contribution in [0.5, 0.6) is 0 Å². The van der Waals surface area contributed by atoms with Crippen molar-refractivity contribution in [1.29, 1.82) is 0 Å². The fraction of sp³-hybridized carbons (Fsp3) is 0.529. The van der Waals surface area contributed by atoms with Gasteiger partial charge in [0.25, 0.3) is 0 Å². The summed E-state index contributed by atoms with van der Waals surface area (Å²) in [4.78, 5) is 23.8. The maximum atomic E-state index is 12.5. The number of ether oxygens (including phenoxy) is 2. The fourth-order valence-electron chi connectivity index (χ4n) is 2.85. The summed E-state index contributed by atoms with van der Waals surface area (Å²) in [6.07, 6.45) is 2.27. The molecule has 1 atom stereocenters. The van der Waals surface area contributed by atoms with Crippen molar-refractivity contribution >= 4 is 27.1 Å². The average molecular weight is 398 g/mol. The molecule has 0 radical (unpaired) electrons. The highest BCUT2D eigenvalue weighted by atomic mass is 32.2. The van der Waals surface area contributed by atoms with E-state index in [1.807, 2.05) is 6.92 Å². The molecule has 27 heavy (non-hydrogen) atoms. The van der Waals surface area contributed by atoms with Crippen LogP contribution in [0.25, 0.3) is 11.1 Å². The lowest BCUT2D eigenvalue weighted by Crippen LogP contribution is -2.31. The van der Waals surface area contributed by atoms with Crippen LogP contribution in [0.3, 0.4) is 0 Å². The van der Waals surface area contributed by atoms with Crippen molar-refractivity contribution in [2.75, 3.05) is 19.8 Å². The number of nitrogens with zero attached hydrogens (tertiary/aromatic N) is 1. The Morgan fingerprint density at radius 2 is 2.22 bits per heavy atom. The van der Waals surface area contributed by atoms with Gasteiger partial charge in [0.1, 0.15) is 6.54 Å². The Bertz CT molecular complexity index is 971. The third-order valence-corrected chi connectivity index (χ3v) is 5.65. The zero-order valence-corrected chi connectivity index (χ0v) is 15.8. The number of sulfonamides is 1. The number of oxazole rings is 1. The van der Waals surface area contributed by atoms with E-state index in [-0.39, 0.29) is 36.3 Å². The van der Waals surface area contributed by atoms with Crippen LogP contribution in [0.2, 0.25) is 0 Å². The van der Waals surface area contributed by atoms with Gasteiger partial charge in [-0.2, -0.15) is 0 Å². The van der Waals surface area contributed by atoms with E-state index in [4.69, 9.17) is 13.9 Å². The quantitative estimate of drug-likeness (QED) is 0.659. The fourth-order valence-corrected chi connectivity index (χ4v) is 3.93. The van der Waals surface area contributed by atoms with E-state index in [0.29, 0.717) is 18.5 Å². The highest BCUT2D eigenvalue weighted by Gasteiger charge is 2.22. The van der Waals surface area contributed by atoms with Crippen LogP contribution in [0.15, 0.2) is 32.3 Å². The summed E-state index contributed by atoms with van der Waals surface area (Å²) in [5.41, 5.74) is 0.412. The molecule has 1 N–H and O–H groups in total. The second kappa shape index (κ2) is 8.24. The van der Waals surface area contributed by atoms with E-state index in [2.05, 4.69) is 4.72 Å². The molecule has 0 bridgehead atoms. The number of rotatable bonds is 8. The molecule has 9 nitrogen and oxygen atoms in total. The Hall–Kier alpha value is -2.17. The van der Waals surface area contributed by atoms with Crippen molar-refractivity contribution in [3.05, 3.63) is 28.7 Å². The first kappa shape index (κ1) is 19.6. The van der Waals surface area contributed by atoms with Gasteiger partial charge in [0.2, 0.25) is 10.0 Å². The maximum Gasteiger partial charge on any atom is 0.420 e. The summed E-state index contributed by atoms with van der Waals surface area (Å²) >= 11 is 0. The van der Waals surface area contributed by atoms with Gasteiger partial charge in [0.05, 0.1) is 23.1 Å². The summed E-state index contributed by atoms with van der Waals surface area (Å²) in [5.74, 6) is -1.31. The smallest absolute Gasteiger partial charge is 0.420 e. The first-order valence-electron chi connectivity index (χ1n) is 8.81. The largest absolute Gasteiger partial charge is 0.464 e. The summed E-state index contributed by atoms with van der Waals surface area (Å²) in [5, 5.41) is 0. The van der Waals surface area contributed by atoms with E-state index in [1.54, 1.807) is 0 Å². The van der Waals surface area contributed by atoms with Gasteiger partial charge >= 0.3 is 11.7 Å². The van der Waals surface area contributed by atoms with E-state index < -0.39 is 21.7 Å². The van der Waals surface area contributed by atoms with E-state index in [9.17, 15) is 18.0 Å². The molecule has 0 spiro atoms. The van der Waals surface area contributed by atoms with Crippen LogP contribution in [0.4, 0.5) is 0 Å². The van der Waals surface area contributed by atoms with E-state index >= 15 is 0 Å². The minimum Gasteiger partial charge on any atom is -0.464 e. The second-order valence-corrected chi connectivity index (χ2v) is 8.06. The summed E-state index contributed by atoms with van der Waals surface area (Å²) < 4.78 is 44.0. The molecule has 148 valence electrons. The number of carbonyl (C=O) groups is 1.